The van der Waals surface area contributed by atoms with Crippen LogP contribution in [-0.4, -0.2) is 25.2 Å². The fourth-order valence-corrected chi connectivity index (χ4v) is 3.08. The Morgan fingerprint density at radius 1 is 1.22 bits per heavy atom. The quantitative estimate of drug-likeness (QED) is 0.872. The topological polar surface area (TPSA) is 73.1 Å². The van der Waals surface area contributed by atoms with E-state index >= 15 is 0 Å². The molecule has 2 N–H and O–H groups in total. The van der Waals surface area contributed by atoms with E-state index in [1.165, 1.54) is 30.5 Å². The molecule has 10 heteroatoms. The number of nitrogens with zero attached hydrogens (tertiary/aromatic N) is 1. The highest BCUT2D eigenvalue weighted by Crippen LogP contribution is 2.38. The van der Waals surface area contributed by atoms with Crippen molar-refractivity contribution < 1.29 is 21.6 Å². The number of rotatable bonds is 4. The predicted molar refractivity (Wildman–Crippen MR) is 86.6 cm³/mol. The Morgan fingerprint density at radius 2 is 1.83 bits per heavy atom. The number of hydrogen-bond donors (Lipinski definition) is 1. The molecule has 23 heavy (non-hydrogen) atoms. The van der Waals surface area contributed by atoms with Crippen LogP contribution in [-0.2, 0) is 9.84 Å². The highest BCUT2D eigenvalue weighted by Gasteiger charge is 2.51. The summed E-state index contributed by atoms with van der Waals surface area (Å²) < 4.78 is 65.3. The lowest BCUT2D eigenvalue weighted by atomic mass is 10.2. The van der Waals surface area contributed by atoms with Gasteiger partial charge in [0.2, 0.25) is 0 Å². The van der Waals surface area contributed by atoms with E-state index in [-0.39, 0.29) is 30.3 Å². The van der Waals surface area contributed by atoms with Gasteiger partial charge >= 0.3 is 5.25 Å². The van der Waals surface area contributed by atoms with Crippen LogP contribution in [0, 0.1) is 0 Å². The Bertz CT molecular complexity index is 808. The number of aromatic nitrogens is 1. The molecule has 4 nitrogen and oxygen atoms in total. The average molecular weight is 389 g/mol. The SMILES string of the molecule is Cl.Cl.NC/C=C(\F)C(F)(F)S(=O)(=O)c1cccc2cccnc12. The first-order chi connectivity index (χ1) is 9.82. The van der Waals surface area contributed by atoms with Crippen LogP contribution in [0.2, 0.25) is 0 Å². The molecule has 0 bridgehead atoms. The van der Waals surface area contributed by atoms with Crippen molar-refractivity contribution in [2.45, 2.75) is 10.2 Å². The van der Waals surface area contributed by atoms with Crippen LogP contribution in [0.1, 0.15) is 0 Å². The zero-order valence-corrected chi connectivity index (χ0v) is 13.9. The molecule has 0 saturated carbocycles. The van der Waals surface area contributed by atoms with Crippen molar-refractivity contribution in [2.24, 2.45) is 5.73 Å². The maximum atomic E-state index is 13.9. The van der Waals surface area contributed by atoms with Crippen molar-refractivity contribution in [3.05, 3.63) is 48.4 Å². The van der Waals surface area contributed by atoms with E-state index < -0.39 is 32.4 Å². The molecule has 0 atom stereocenters. The molecule has 128 valence electrons. The maximum absolute atomic E-state index is 13.9. The summed E-state index contributed by atoms with van der Waals surface area (Å²) >= 11 is 0. The number of benzene rings is 1. The Morgan fingerprint density at radius 3 is 2.43 bits per heavy atom. The summed E-state index contributed by atoms with van der Waals surface area (Å²) in [6, 6.07) is 6.83. The summed E-state index contributed by atoms with van der Waals surface area (Å²) in [5.74, 6) is -2.10. The Balaban J connectivity index is 0.00000242. The number of alkyl halides is 2. The number of fused-ring (bicyclic) bond motifs is 1. The van der Waals surface area contributed by atoms with Gasteiger partial charge in [0.1, 0.15) is 0 Å². The second kappa shape index (κ2) is 7.96. The van der Waals surface area contributed by atoms with Crippen LogP contribution in [0.15, 0.2) is 53.3 Å². The van der Waals surface area contributed by atoms with Gasteiger partial charge in [0, 0.05) is 18.1 Å². The molecule has 0 amide bonds. The largest absolute Gasteiger partial charge is 0.400 e. The van der Waals surface area contributed by atoms with Gasteiger partial charge in [0.05, 0.1) is 10.4 Å². The van der Waals surface area contributed by atoms with Gasteiger partial charge in [-0.3, -0.25) is 4.98 Å². The second-order valence-corrected chi connectivity index (χ2v) is 6.10. The molecule has 2 aromatic rings. The molecule has 2 rings (SSSR count). The molecule has 0 aliphatic rings. The average Bonchev–Trinajstić information content (AvgIpc) is 2.46. The minimum Gasteiger partial charge on any atom is -0.327 e. The van der Waals surface area contributed by atoms with E-state index in [1.54, 1.807) is 0 Å². The van der Waals surface area contributed by atoms with Crippen molar-refractivity contribution in [3.63, 3.8) is 0 Å². The Kier molecular flexibility index (Phi) is 7.49. The summed E-state index contributed by atoms with van der Waals surface area (Å²) in [6.45, 7) is -0.537. The third kappa shape index (κ3) is 3.77. The van der Waals surface area contributed by atoms with E-state index in [0.29, 0.717) is 11.5 Å². The normalized spacial score (nSPS) is 12.4. The molecular weight excluding hydrogens is 376 g/mol. The molecule has 1 aromatic heterocycles. The van der Waals surface area contributed by atoms with Gasteiger partial charge in [0.15, 0.2) is 5.83 Å². The van der Waals surface area contributed by atoms with E-state index in [0.717, 1.165) is 6.07 Å². The van der Waals surface area contributed by atoms with Gasteiger partial charge in [-0.1, -0.05) is 18.2 Å². The van der Waals surface area contributed by atoms with E-state index in [2.05, 4.69) is 4.98 Å². The second-order valence-electron chi connectivity index (χ2n) is 4.14. The monoisotopic (exact) mass is 388 g/mol. The van der Waals surface area contributed by atoms with E-state index in [1.807, 2.05) is 0 Å². The third-order valence-corrected chi connectivity index (χ3v) is 4.58. The van der Waals surface area contributed by atoms with E-state index in [4.69, 9.17) is 5.73 Å². The van der Waals surface area contributed by atoms with Gasteiger partial charge in [-0.25, -0.2) is 12.8 Å². The standard InChI is InChI=1S/C13H11F3N2O2S.2ClH/c14-11(6-7-17)13(15,16)21(19,20)10-5-1-3-9-4-2-8-18-12(9)10;;/h1-6,8H,7,17H2;2*1H/b11-6-;;. The maximum Gasteiger partial charge on any atom is 0.400 e. The number of para-hydroxylation sites is 1. The minimum atomic E-state index is -5.28. The first kappa shape index (κ1) is 21.6. The van der Waals surface area contributed by atoms with E-state index in [9.17, 15) is 21.6 Å². The van der Waals surface area contributed by atoms with Crippen LogP contribution in [0.3, 0.4) is 0 Å². The lowest BCUT2D eigenvalue weighted by Gasteiger charge is -2.16. The number of nitrogens with two attached hydrogens (primary N) is 1. The highest BCUT2D eigenvalue weighted by molar-refractivity contribution is 7.92. The number of hydrogen-bond acceptors (Lipinski definition) is 4. The van der Waals surface area contributed by atoms with Gasteiger partial charge in [-0.15, -0.1) is 24.8 Å². The number of sulfone groups is 1. The highest BCUT2D eigenvalue weighted by atomic mass is 35.5. The van der Waals surface area contributed by atoms with Gasteiger partial charge in [-0.05, 0) is 18.2 Å². The fourth-order valence-electron chi connectivity index (χ4n) is 1.78. The summed E-state index contributed by atoms with van der Waals surface area (Å²) in [4.78, 5) is 3.06. The van der Waals surface area contributed by atoms with Crippen LogP contribution < -0.4 is 5.73 Å². The van der Waals surface area contributed by atoms with Crippen LogP contribution >= 0.6 is 24.8 Å². The molecule has 1 aromatic carbocycles. The lowest BCUT2D eigenvalue weighted by molar-refractivity contribution is 0.105. The van der Waals surface area contributed by atoms with Crippen molar-refractivity contribution in [3.8, 4) is 0 Å². The van der Waals surface area contributed by atoms with Crippen LogP contribution in [0.25, 0.3) is 10.9 Å². The molecule has 0 spiro atoms. The smallest absolute Gasteiger partial charge is 0.327 e. The molecule has 0 aliphatic heterocycles. The lowest BCUT2D eigenvalue weighted by Crippen LogP contribution is -2.30. The van der Waals surface area contributed by atoms with Gasteiger partial charge < -0.3 is 5.73 Å². The zero-order valence-electron chi connectivity index (χ0n) is 11.4. The molecule has 0 radical (unpaired) electrons. The van der Waals surface area contributed by atoms with Crippen molar-refractivity contribution in [1.82, 2.24) is 4.98 Å². The Labute approximate surface area is 143 Å². The molecule has 1 heterocycles. The van der Waals surface area contributed by atoms with Crippen molar-refractivity contribution in [2.75, 3.05) is 6.54 Å². The van der Waals surface area contributed by atoms with Crippen LogP contribution in [0.5, 0.6) is 0 Å². The predicted octanol–water partition coefficient (Wildman–Crippen LogP) is 3.26. The Hall–Kier alpha value is -1.35. The molecular formula is C13H13Cl2F3N2O2S. The summed E-state index contributed by atoms with van der Waals surface area (Å²) in [7, 11) is -5.28. The number of halogens is 5. The molecule has 0 saturated heterocycles. The molecule has 0 fully saturated rings. The first-order valence-corrected chi connectivity index (χ1v) is 7.33. The zero-order chi connectivity index (χ0) is 15.7. The third-order valence-electron chi connectivity index (χ3n) is 2.80. The summed E-state index contributed by atoms with van der Waals surface area (Å²) in [5.41, 5.74) is 4.80. The summed E-state index contributed by atoms with van der Waals surface area (Å²) in [6.07, 6.45) is 1.60. The minimum absolute atomic E-state index is 0. The van der Waals surface area contributed by atoms with Crippen molar-refractivity contribution >= 4 is 45.6 Å². The van der Waals surface area contributed by atoms with Crippen LogP contribution in [0.4, 0.5) is 13.2 Å². The van der Waals surface area contributed by atoms with Crippen molar-refractivity contribution in [1.29, 1.82) is 0 Å². The molecule has 0 unspecified atom stereocenters. The molecule has 0 aliphatic carbocycles. The van der Waals surface area contributed by atoms with Gasteiger partial charge in [0.25, 0.3) is 9.84 Å². The first-order valence-electron chi connectivity index (χ1n) is 5.84. The fraction of sp³-hybridized carbons (Fsp3) is 0.154. The van der Waals surface area contributed by atoms with Gasteiger partial charge in [-0.2, -0.15) is 8.78 Å². The number of pyridine rings is 1. The summed E-state index contributed by atoms with van der Waals surface area (Å²) in [5, 5.41) is -4.34.